The maximum absolute atomic E-state index is 12.7. The number of nitrogens with zero attached hydrogens (tertiary/aromatic N) is 3. The first-order valence-corrected chi connectivity index (χ1v) is 10.6. The molecule has 0 unspecified atom stereocenters. The molecule has 2 aliphatic heterocycles. The van der Waals surface area contributed by atoms with Gasteiger partial charge in [-0.3, -0.25) is 9.69 Å². The van der Waals surface area contributed by atoms with Gasteiger partial charge in [-0.05, 0) is 41.8 Å². The van der Waals surface area contributed by atoms with Crippen LogP contribution in [0.4, 0.5) is 24.7 Å². The van der Waals surface area contributed by atoms with E-state index in [0.29, 0.717) is 51.4 Å². The summed E-state index contributed by atoms with van der Waals surface area (Å²) in [6, 6.07) is 8.27. The molecule has 1 fully saturated rings. The fourth-order valence-electron chi connectivity index (χ4n) is 3.95. The molecule has 170 valence electrons. The summed E-state index contributed by atoms with van der Waals surface area (Å²) in [7, 11) is 0. The second-order valence-corrected chi connectivity index (χ2v) is 8.08. The molecule has 32 heavy (non-hydrogen) atoms. The molecular weight excluding hydrogens is 421 g/mol. The molecule has 1 atom stereocenters. The highest BCUT2D eigenvalue weighted by Crippen LogP contribution is 2.29. The van der Waals surface area contributed by atoms with Crippen molar-refractivity contribution in [3.8, 4) is 0 Å². The zero-order chi connectivity index (χ0) is 22.7. The Labute approximate surface area is 184 Å². The first-order chi connectivity index (χ1) is 15.3. The largest absolute Gasteiger partial charge is 0.417 e. The second kappa shape index (κ2) is 9.30. The topological polar surface area (TPSA) is 68.7 Å². The minimum atomic E-state index is -4.39. The third kappa shape index (κ3) is 5.46. The van der Waals surface area contributed by atoms with Crippen molar-refractivity contribution in [1.82, 2.24) is 9.88 Å². The van der Waals surface area contributed by atoms with Gasteiger partial charge in [-0.2, -0.15) is 13.2 Å². The Morgan fingerprint density at radius 2 is 1.91 bits per heavy atom. The van der Waals surface area contributed by atoms with E-state index >= 15 is 0 Å². The van der Waals surface area contributed by atoms with Gasteiger partial charge in [-0.25, -0.2) is 4.98 Å². The van der Waals surface area contributed by atoms with Crippen LogP contribution in [-0.2, 0) is 17.4 Å². The van der Waals surface area contributed by atoms with Crippen LogP contribution in [0, 0.1) is 0 Å². The highest BCUT2D eigenvalue weighted by atomic mass is 19.4. The van der Waals surface area contributed by atoms with Crippen LogP contribution in [0.15, 0.2) is 42.6 Å². The first-order valence-electron chi connectivity index (χ1n) is 10.6. The Bertz CT molecular complexity index is 984. The molecule has 0 aliphatic carbocycles. The van der Waals surface area contributed by atoms with Crippen molar-refractivity contribution in [2.45, 2.75) is 25.1 Å². The lowest BCUT2D eigenvalue weighted by Gasteiger charge is -2.36. The van der Waals surface area contributed by atoms with Crippen molar-refractivity contribution < 1.29 is 23.1 Å². The molecular formula is C23H25F3N4O2. The van der Waals surface area contributed by atoms with E-state index in [2.05, 4.69) is 15.2 Å². The summed E-state index contributed by atoms with van der Waals surface area (Å²) < 4.78 is 38.1. The Morgan fingerprint density at radius 3 is 2.59 bits per heavy atom. The Morgan fingerprint density at radius 1 is 1.12 bits per heavy atom. The fourth-order valence-corrected chi connectivity index (χ4v) is 3.95. The number of hydrogen-bond acceptors (Lipinski definition) is 5. The van der Waals surface area contributed by atoms with E-state index in [1.807, 2.05) is 29.2 Å². The van der Waals surface area contributed by atoms with Crippen LogP contribution in [0.25, 0.3) is 6.08 Å². The summed E-state index contributed by atoms with van der Waals surface area (Å²) in [6.07, 6.45) is 0.673. The third-order valence-electron chi connectivity index (χ3n) is 5.75. The number of benzene rings is 1. The molecule has 0 spiro atoms. The molecule has 9 heteroatoms. The van der Waals surface area contributed by atoms with E-state index in [4.69, 9.17) is 0 Å². The van der Waals surface area contributed by atoms with Gasteiger partial charge < -0.3 is 15.3 Å². The summed E-state index contributed by atoms with van der Waals surface area (Å²) in [5.74, 6) is 0.562. The van der Waals surface area contributed by atoms with Crippen LogP contribution >= 0.6 is 0 Å². The number of aromatic nitrogens is 1. The quantitative estimate of drug-likeness (QED) is 0.739. The fraction of sp³-hybridized carbons (Fsp3) is 0.391. The average molecular weight is 446 g/mol. The summed E-state index contributed by atoms with van der Waals surface area (Å²) in [4.78, 5) is 19.5. The molecule has 1 amide bonds. The highest BCUT2D eigenvalue weighted by Gasteiger charge is 2.31. The molecule has 4 rings (SSSR count). The molecule has 1 aromatic carbocycles. The lowest BCUT2D eigenvalue weighted by molar-refractivity contribution is -0.137. The van der Waals surface area contributed by atoms with E-state index in [1.165, 1.54) is 6.07 Å². The van der Waals surface area contributed by atoms with E-state index in [-0.39, 0.29) is 5.91 Å². The molecule has 0 radical (unpaired) electrons. The number of piperazine rings is 1. The Kier molecular flexibility index (Phi) is 6.48. The second-order valence-electron chi connectivity index (χ2n) is 8.08. The number of carbonyl (C=O) groups is 1. The van der Waals surface area contributed by atoms with Crippen LogP contribution < -0.4 is 10.2 Å². The van der Waals surface area contributed by atoms with Gasteiger partial charge in [0, 0.05) is 51.0 Å². The zero-order valence-electron chi connectivity index (χ0n) is 17.5. The number of nitrogens with one attached hydrogen (secondary N) is 1. The number of anilines is 2. The predicted octanol–water partition coefficient (Wildman–Crippen LogP) is 3.18. The Balaban J connectivity index is 1.26. The number of carbonyl (C=O) groups excluding carboxylic acids is 1. The predicted molar refractivity (Wildman–Crippen MR) is 116 cm³/mol. The van der Waals surface area contributed by atoms with Gasteiger partial charge in [0.05, 0.1) is 11.7 Å². The number of aryl methyl sites for hydroxylation is 1. The van der Waals surface area contributed by atoms with E-state index in [9.17, 15) is 23.1 Å². The molecule has 2 aliphatic rings. The van der Waals surface area contributed by atoms with Crippen LogP contribution in [0.2, 0.25) is 0 Å². The number of aliphatic hydroxyl groups is 1. The number of hydrogen-bond donors (Lipinski definition) is 2. The number of alkyl halides is 3. The first kappa shape index (κ1) is 22.3. The van der Waals surface area contributed by atoms with Gasteiger partial charge in [0.1, 0.15) is 5.82 Å². The third-order valence-corrected chi connectivity index (χ3v) is 5.75. The molecule has 2 N–H and O–H groups in total. The number of pyridine rings is 1. The summed E-state index contributed by atoms with van der Waals surface area (Å²) in [5.41, 5.74) is 2.16. The maximum atomic E-state index is 12.7. The number of amides is 1. The molecule has 1 saturated heterocycles. The molecule has 0 saturated carbocycles. The van der Waals surface area contributed by atoms with Crippen molar-refractivity contribution in [2.24, 2.45) is 0 Å². The van der Waals surface area contributed by atoms with Gasteiger partial charge in [0.25, 0.3) is 0 Å². The number of rotatable bonds is 5. The monoisotopic (exact) mass is 446 g/mol. The Hall–Kier alpha value is -2.91. The number of fused-ring (bicyclic) bond motifs is 1. The van der Waals surface area contributed by atoms with E-state index < -0.39 is 17.8 Å². The number of β-amino-alcohol motifs (C(OH)–C–C–N with tert-alkyl or cyclic N) is 1. The van der Waals surface area contributed by atoms with Crippen molar-refractivity contribution in [3.05, 3.63) is 59.3 Å². The van der Waals surface area contributed by atoms with Crippen molar-refractivity contribution >= 4 is 23.5 Å². The smallest absolute Gasteiger partial charge is 0.388 e. The zero-order valence-corrected chi connectivity index (χ0v) is 17.5. The summed E-state index contributed by atoms with van der Waals surface area (Å²) in [6.45, 7) is 3.11. The van der Waals surface area contributed by atoms with Gasteiger partial charge in [-0.15, -0.1) is 0 Å². The van der Waals surface area contributed by atoms with Crippen molar-refractivity contribution in [2.75, 3.05) is 42.9 Å². The maximum Gasteiger partial charge on any atom is 0.417 e. The molecule has 3 heterocycles. The normalized spacial score (nSPS) is 18.5. The van der Waals surface area contributed by atoms with E-state index in [0.717, 1.165) is 29.1 Å². The van der Waals surface area contributed by atoms with Crippen molar-refractivity contribution in [1.29, 1.82) is 0 Å². The van der Waals surface area contributed by atoms with Crippen LogP contribution in [0.5, 0.6) is 0 Å². The molecule has 6 nitrogen and oxygen atoms in total. The van der Waals surface area contributed by atoms with Crippen LogP contribution in [0.1, 0.15) is 23.1 Å². The van der Waals surface area contributed by atoms with Gasteiger partial charge in [0.2, 0.25) is 5.91 Å². The molecule has 2 aromatic rings. The van der Waals surface area contributed by atoms with Crippen molar-refractivity contribution in [3.63, 3.8) is 0 Å². The minimum Gasteiger partial charge on any atom is -0.388 e. The average Bonchev–Trinajstić information content (AvgIpc) is 2.78. The van der Waals surface area contributed by atoms with Gasteiger partial charge in [0.15, 0.2) is 0 Å². The lowest BCUT2D eigenvalue weighted by Crippen LogP contribution is -2.48. The van der Waals surface area contributed by atoms with Gasteiger partial charge >= 0.3 is 6.18 Å². The standard InChI is InChI=1S/C23H25F3N4O2/c24-23(25,26)18-4-7-21(27-14-18)30-11-9-29(10-12-30)15-19(31)5-1-16-2-6-20-17(13-16)3-8-22(32)28-20/h1-2,4-7,13-14,19,31H,3,8-12,15H2,(H,28,32)/t19-/m1/s1. The lowest BCUT2D eigenvalue weighted by atomic mass is 10.00. The SMILES string of the molecule is O=C1CCc2cc(C=C[C@@H](O)CN3CCN(c4ccc(C(F)(F)F)cn4)CC3)ccc2N1. The molecule has 0 bridgehead atoms. The van der Waals surface area contributed by atoms with Crippen LogP contribution in [-0.4, -0.2) is 59.7 Å². The van der Waals surface area contributed by atoms with E-state index in [1.54, 1.807) is 6.08 Å². The highest BCUT2D eigenvalue weighted by molar-refractivity contribution is 5.94. The number of aliphatic hydroxyl groups excluding tert-OH is 1. The van der Waals surface area contributed by atoms with Crippen LogP contribution in [0.3, 0.4) is 0 Å². The summed E-state index contributed by atoms with van der Waals surface area (Å²) >= 11 is 0. The number of halogens is 3. The molecule has 1 aromatic heterocycles. The van der Waals surface area contributed by atoms with Gasteiger partial charge in [-0.1, -0.05) is 18.2 Å². The minimum absolute atomic E-state index is 0.0328. The summed E-state index contributed by atoms with van der Waals surface area (Å²) in [5, 5.41) is 13.3.